The second-order valence-electron chi connectivity index (χ2n) is 4.46. The van der Waals surface area contributed by atoms with Crippen LogP contribution in [0.2, 0.25) is 0 Å². The zero-order valence-corrected chi connectivity index (χ0v) is 11.4. The number of hydrogen-bond donors (Lipinski definition) is 1. The Morgan fingerprint density at radius 3 is 2.62 bits per heavy atom. The Morgan fingerprint density at radius 2 is 1.95 bits per heavy atom. The molecule has 2 heterocycles. The largest absolute Gasteiger partial charge is 0.397 e. The fourth-order valence-electron chi connectivity index (χ4n) is 2.00. The molecule has 3 rings (SSSR count). The van der Waals surface area contributed by atoms with Gasteiger partial charge in [0.2, 0.25) is 5.82 Å². The molecule has 6 nitrogen and oxygen atoms in total. The summed E-state index contributed by atoms with van der Waals surface area (Å²) in [5, 5.41) is 3.98. The van der Waals surface area contributed by atoms with E-state index in [1.54, 1.807) is 25.4 Å². The first-order chi connectivity index (χ1) is 10.3. The summed E-state index contributed by atoms with van der Waals surface area (Å²) in [5.74, 6) is 0.792. The Morgan fingerprint density at radius 1 is 1.14 bits per heavy atom. The SMILES string of the molecule is COC(c1ccccc1)c1noc(-c2ccc(N)cn2)n1. The molecule has 0 bridgehead atoms. The summed E-state index contributed by atoms with van der Waals surface area (Å²) < 4.78 is 10.7. The van der Waals surface area contributed by atoms with Crippen LogP contribution in [0.1, 0.15) is 17.5 Å². The van der Waals surface area contributed by atoms with Crippen molar-refractivity contribution >= 4 is 5.69 Å². The van der Waals surface area contributed by atoms with Gasteiger partial charge in [-0.15, -0.1) is 0 Å². The van der Waals surface area contributed by atoms with Crippen molar-refractivity contribution < 1.29 is 9.26 Å². The molecule has 0 spiro atoms. The van der Waals surface area contributed by atoms with Gasteiger partial charge in [-0.25, -0.2) is 4.98 Å². The van der Waals surface area contributed by atoms with Crippen LogP contribution in [0.3, 0.4) is 0 Å². The number of methoxy groups -OCH3 is 1. The Bertz CT molecular complexity index is 710. The van der Waals surface area contributed by atoms with Gasteiger partial charge in [0, 0.05) is 7.11 Å². The summed E-state index contributed by atoms with van der Waals surface area (Å²) in [5.41, 5.74) is 7.72. The zero-order chi connectivity index (χ0) is 14.7. The molecule has 1 unspecified atom stereocenters. The molecular formula is C15H14N4O2. The standard InChI is InChI=1S/C15H14N4O2/c1-20-13(10-5-3-2-4-6-10)14-18-15(21-19-14)12-8-7-11(16)9-17-12/h2-9,13H,16H2,1H3. The highest BCUT2D eigenvalue weighted by Gasteiger charge is 2.20. The van der Waals surface area contributed by atoms with E-state index >= 15 is 0 Å². The molecule has 0 aliphatic carbocycles. The maximum absolute atomic E-state index is 5.61. The number of benzene rings is 1. The molecule has 106 valence electrons. The molecule has 0 aliphatic heterocycles. The van der Waals surface area contributed by atoms with Crippen molar-refractivity contribution in [2.75, 3.05) is 12.8 Å². The van der Waals surface area contributed by atoms with Gasteiger partial charge in [-0.05, 0) is 17.7 Å². The van der Waals surface area contributed by atoms with Crippen molar-refractivity contribution in [2.45, 2.75) is 6.10 Å². The Labute approximate surface area is 121 Å². The quantitative estimate of drug-likeness (QED) is 0.790. The number of rotatable bonds is 4. The van der Waals surface area contributed by atoms with Crippen LogP contribution in [-0.2, 0) is 4.74 Å². The monoisotopic (exact) mass is 282 g/mol. The van der Waals surface area contributed by atoms with E-state index in [2.05, 4.69) is 15.1 Å². The van der Waals surface area contributed by atoms with E-state index in [0.717, 1.165) is 5.56 Å². The lowest BCUT2D eigenvalue weighted by Gasteiger charge is -2.10. The number of nitrogens with zero attached hydrogens (tertiary/aromatic N) is 3. The Balaban J connectivity index is 1.92. The molecule has 0 radical (unpaired) electrons. The molecule has 0 saturated heterocycles. The Kier molecular flexibility index (Phi) is 3.61. The van der Waals surface area contributed by atoms with Gasteiger partial charge in [-0.1, -0.05) is 35.5 Å². The second-order valence-corrected chi connectivity index (χ2v) is 4.46. The first-order valence-electron chi connectivity index (χ1n) is 6.41. The lowest BCUT2D eigenvalue weighted by molar-refractivity contribution is 0.126. The molecule has 2 N–H and O–H groups in total. The van der Waals surface area contributed by atoms with Crippen molar-refractivity contribution in [3.63, 3.8) is 0 Å². The van der Waals surface area contributed by atoms with Gasteiger partial charge < -0.3 is 15.0 Å². The molecule has 0 aliphatic rings. The summed E-state index contributed by atoms with van der Waals surface area (Å²) in [6.07, 6.45) is 1.17. The fourth-order valence-corrected chi connectivity index (χ4v) is 2.00. The predicted molar refractivity (Wildman–Crippen MR) is 77.2 cm³/mol. The number of anilines is 1. The molecule has 0 saturated carbocycles. The van der Waals surface area contributed by atoms with Gasteiger partial charge in [-0.2, -0.15) is 4.98 Å². The van der Waals surface area contributed by atoms with Crippen LogP contribution in [-0.4, -0.2) is 22.2 Å². The smallest absolute Gasteiger partial charge is 0.276 e. The lowest BCUT2D eigenvalue weighted by atomic mass is 10.1. The second kappa shape index (κ2) is 5.72. The number of ether oxygens (including phenoxy) is 1. The summed E-state index contributed by atoms with van der Waals surface area (Å²) in [7, 11) is 1.61. The van der Waals surface area contributed by atoms with Crippen molar-refractivity contribution in [1.29, 1.82) is 0 Å². The first kappa shape index (κ1) is 13.3. The van der Waals surface area contributed by atoms with Gasteiger partial charge >= 0.3 is 0 Å². The normalized spacial score (nSPS) is 12.2. The third-order valence-corrected chi connectivity index (χ3v) is 3.02. The van der Waals surface area contributed by atoms with Crippen LogP contribution in [0.25, 0.3) is 11.6 Å². The van der Waals surface area contributed by atoms with Crippen molar-refractivity contribution in [2.24, 2.45) is 0 Å². The Hall–Kier alpha value is -2.73. The topological polar surface area (TPSA) is 87.1 Å². The van der Waals surface area contributed by atoms with E-state index in [1.165, 1.54) is 0 Å². The average Bonchev–Trinajstić information content (AvgIpc) is 2.99. The van der Waals surface area contributed by atoms with E-state index in [-0.39, 0.29) is 6.10 Å². The highest BCUT2D eigenvalue weighted by molar-refractivity contribution is 5.50. The van der Waals surface area contributed by atoms with Gasteiger partial charge in [0.15, 0.2) is 0 Å². The van der Waals surface area contributed by atoms with E-state index in [4.69, 9.17) is 15.0 Å². The van der Waals surface area contributed by atoms with Gasteiger partial charge in [-0.3, -0.25) is 0 Å². The van der Waals surface area contributed by atoms with E-state index in [9.17, 15) is 0 Å². The molecule has 1 atom stereocenters. The molecule has 2 aromatic heterocycles. The highest BCUT2D eigenvalue weighted by Crippen LogP contribution is 2.25. The highest BCUT2D eigenvalue weighted by atomic mass is 16.5. The van der Waals surface area contributed by atoms with E-state index < -0.39 is 0 Å². The summed E-state index contributed by atoms with van der Waals surface area (Å²) >= 11 is 0. The maximum Gasteiger partial charge on any atom is 0.276 e. The van der Waals surface area contributed by atoms with Crippen LogP contribution in [0.5, 0.6) is 0 Å². The molecular weight excluding hydrogens is 268 g/mol. The molecule has 21 heavy (non-hydrogen) atoms. The number of pyridine rings is 1. The minimum Gasteiger partial charge on any atom is -0.397 e. The van der Waals surface area contributed by atoms with Crippen LogP contribution in [0.4, 0.5) is 5.69 Å². The minimum absolute atomic E-state index is 0.336. The van der Waals surface area contributed by atoms with Crippen molar-refractivity contribution in [1.82, 2.24) is 15.1 Å². The molecule has 0 amide bonds. The molecule has 1 aromatic carbocycles. The minimum atomic E-state index is -0.377. The summed E-state index contributed by atoms with van der Waals surface area (Å²) in [6, 6.07) is 13.2. The number of nitrogen functional groups attached to an aromatic ring is 1. The van der Waals surface area contributed by atoms with Gasteiger partial charge in [0.1, 0.15) is 11.8 Å². The summed E-state index contributed by atoms with van der Waals surface area (Å²) in [6.45, 7) is 0. The van der Waals surface area contributed by atoms with Crippen LogP contribution < -0.4 is 5.73 Å². The molecule has 0 fully saturated rings. The average molecular weight is 282 g/mol. The van der Waals surface area contributed by atoms with Crippen molar-refractivity contribution in [3.05, 3.63) is 60.0 Å². The van der Waals surface area contributed by atoms with E-state index in [0.29, 0.717) is 23.1 Å². The van der Waals surface area contributed by atoms with E-state index in [1.807, 2.05) is 30.3 Å². The van der Waals surface area contributed by atoms with Crippen LogP contribution in [0.15, 0.2) is 53.2 Å². The summed E-state index contributed by atoms with van der Waals surface area (Å²) in [4.78, 5) is 8.51. The lowest BCUT2D eigenvalue weighted by Crippen LogP contribution is -2.05. The predicted octanol–water partition coefficient (Wildman–Crippen LogP) is 2.45. The third kappa shape index (κ3) is 2.75. The van der Waals surface area contributed by atoms with Crippen LogP contribution in [0, 0.1) is 0 Å². The first-order valence-corrected chi connectivity index (χ1v) is 6.41. The third-order valence-electron chi connectivity index (χ3n) is 3.02. The fraction of sp³-hybridized carbons (Fsp3) is 0.133. The molecule has 6 heteroatoms. The van der Waals surface area contributed by atoms with Gasteiger partial charge in [0.25, 0.3) is 5.89 Å². The zero-order valence-electron chi connectivity index (χ0n) is 11.4. The number of hydrogen-bond acceptors (Lipinski definition) is 6. The number of nitrogens with two attached hydrogens (primary N) is 1. The van der Waals surface area contributed by atoms with Crippen LogP contribution >= 0.6 is 0 Å². The number of aromatic nitrogens is 3. The van der Waals surface area contributed by atoms with Gasteiger partial charge in [0.05, 0.1) is 11.9 Å². The molecule has 3 aromatic rings. The van der Waals surface area contributed by atoms with Crippen molar-refractivity contribution in [3.8, 4) is 11.6 Å². The maximum atomic E-state index is 5.61.